The molecule has 0 spiro atoms. The number of piperidine rings is 1. The van der Waals surface area contributed by atoms with Gasteiger partial charge in [0, 0.05) is 19.1 Å². The SMILES string of the molecule is Cc1cc(C)c(C)c(S(=O)(=O)N2CCCC(C(C)N)C2)c1C. The highest BCUT2D eigenvalue weighted by atomic mass is 32.2. The van der Waals surface area contributed by atoms with Gasteiger partial charge in [-0.05, 0) is 75.6 Å². The van der Waals surface area contributed by atoms with Crippen molar-refractivity contribution < 1.29 is 8.42 Å². The predicted molar refractivity (Wildman–Crippen MR) is 90.5 cm³/mol. The normalized spacial score (nSPS) is 21.8. The third kappa shape index (κ3) is 3.07. The summed E-state index contributed by atoms with van der Waals surface area (Å²) in [5.74, 6) is 0.245. The Hall–Kier alpha value is -0.910. The van der Waals surface area contributed by atoms with E-state index in [0.29, 0.717) is 18.0 Å². The van der Waals surface area contributed by atoms with E-state index >= 15 is 0 Å². The molecule has 22 heavy (non-hydrogen) atoms. The van der Waals surface area contributed by atoms with Crippen LogP contribution in [0.25, 0.3) is 0 Å². The number of benzene rings is 1. The lowest BCUT2D eigenvalue weighted by atomic mass is 9.93. The van der Waals surface area contributed by atoms with Gasteiger partial charge >= 0.3 is 0 Å². The average molecular weight is 324 g/mol. The molecular weight excluding hydrogens is 296 g/mol. The van der Waals surface area contributed by atoms with Crippen LogP contribution in [0, 0.1) is 33.6 Å². The average Bonchev–Trinajstić information content (AvgIpc) is 2.45. The Morgan fingerprint density at radius 2 is 1.73 bits per heavy atom. The van der Waals surface area contributed by atoms with Gasteiger partial charge in [0.25, 0.3) is 0 Å². The van der Waals surface area contributed by atoms with Crippen LogP contribution < -0.4 is 5.73 Å². The zero-order chi connectivity index (χ0) is 16.7. The van der Waals surface area contributed by atoms with Gasteiger partial charge in [0.2, 0.25) is 10.0 Å². The molecule has 0 radical (unpaired) electrons. The van der Waals surface area contributed by atoms with Gasteiger partial charge < -0.3 is 5.73 Å². The van der Waals surface area contributed by atoms with Crippen molar-refractivity contribution in [1.82, 2.24) is 4.31 Å². The van der Waals surface area contributed by atoms with Crippen molar-refractivity contribution in [2.45, 2.75) is 58.4 Å². The molecular formula is C17H28N2O2S. The van der Waals surface area contributed by atoms with E-state index in [1.807, 2.05) is 34.6 Å². The van der Waals surface area contributed by atoms with Gasteiger partial charge in [0.05, 0.1) is 4.90 Å². The second kappa shape index (κ2) is 6.30. The van der Waals surface area contributed by atoms with Crippen molar-refractivity contribution in [3.05, 3.63) is 28.3 Å². The molecule has 0 amide bonds. The molecule has 5 heteroatoms. The molecule has 1 aromatic carbocycles. The van der Waals surface area contributed by atoms with Crippen molar-refractivity contribution in [2.24, 2.45) is 11.7 Å². The van der Waals surface area contributed by atoms with Crippen molar-refractivity contribution >= 4 is 10.0 Å². The van der Waals surface area contributed by atoms with E-state index in [0.717, 1.165) is 35.1 Å². The van der Waals surface area contributed by atoms with Crippen molar-refractivity contribution in [2.75, 3.05) is 13.1 Å². The molecule has 124 valence electrons. The molecule has 1 aliphatic heterocycles. The number of sulfonamides is 1. The lowest BCUT2D eigenvalue weighted by molar-refractivity contribution is 0.243. The summed E-state index contributed by atoms with van der Waals surface area (Å²) >= 11 is 0. The lowest BCUT2D eigenvalue weighted by Crippen LogP contribution is -2.45. The molecule has 0 bridgehead atoms. The minimum Gasteiger partial charge on any atom is -0.328 e. The fraction of sp³-hybridized carbons (Fsp3) is 0.647. The number of nitrogens with two attached hydrogens (primary N) is 1. The molecule has 2 rings (SSSR count). The van der Waals surface area contributed by atoms with E-state index in [4.69, 9.17) is 5.73 Å². The van der Waals surface area contributed by atoms with E-state index in [-0.39, 0.29) is 12.0 Å². The van der Waals surface area contributed by atoms with Gasteiger partial charge in [0.15, 0.2) is 0 Å². The van der Waals surface area contributed by atoms with Crippen LogP contribution in [0.3, 0.4) is 0 Å². The van der Waals surface area contributed by atoms with Crippen molar-refractivity contribution in [1.29, 1.82) is 0 Å². The minimum atomic E-state index is -3.46. The number of rotatable bonds is 3. The van der Waals surface area contributed by atoms with Gasteiger partial charge in [0.1, 0.15) is 0 Å². The summed E-state index contributed by atoms with van der Waals surface area (Å²) in [4.78, 5) is 0.496. The van der Waals surface area contributed by atoms with Gasteiger partial charge in [-0.15, -0.1) is 0 Å². The van der Waals surface area contributed by atoms with Crippen LogP contribution in [-0.4, -0.2) is 31.9 Å². The fourth-order valence-electron chi connectivity index (χ4n) is 3.32. The summed E-state index contributed by atoms with van der Waals surface area (Å²) in [6.45, 7) is 10.9. The number of aryl methyl sites for hydroxylation is 2. The third-order valence-electron chi connectivity index (χ3n) is 5.06. The molecule has 1 fully saturated rings. The van der Waals surface area contributed by atoms with E-state index in [1.54, 1.807) is 4.31 Å². The summed E-state index contributed by atoms with van der Waals surface area (Å²) in [7, 11) is -3.46. The highest BCUT2D eigenvalue weighted by Gasteiger charge is 2.33. The van der Waals surface area contributed by atoms with Gasteiger partial charge in [-0.2, -0.15) is 4.31 Å². The molecule has 1 saturated heterocycles. The van der Waals surface area contributed by atoms with E-state index in [9.17, 15) is 8.42 Å². The van der Waals surface area contributed by atoms with Crippen LogP contribution in [-0.2, 0) is 10.0 Å². The maximum atomic E-state index is 13.2. The summed E-state index contributed by atoms with van der Waals surface area (Å²) < 4.78 is 28.0. The zero-order valence-corrected chi connectivity index (χ0v) is 15.1. The maximum Gasteiger partial charge on any atom is 0.243 e. The summed E-state index contributed by atoms with van der Waals surface area (Å²) in [5, 5.41) is 0. The Bertz CT molecular complexity index is 639. The molecule has 1 aliphatic rings. The van der Waals surface area contributed by atoms with Crippen LogP contribution >= 0.6 is 0 Å². The third-order valence-corrected chi connectivity index (χ3v) is 7.20. The molecule has 2 N–H and O–H groups in total. The first-order valence-corrected chi connectivity index (χ1v) is 9.43. The number of nitrogens with zero attached hydrogens (tertiary/aromatic N) is 1. The minimum absolute atomic E-state index is 0.0273. The van der Waals surface area contributed by atoms with E-state index in [1.165, 1.54) is 0 Å². The van der Waals surface area contributed by atoms with E-state index in [2.05, 4.69) is 6.07 Å². The Morgan fingerprint density at radius 1 is 1.18 bits per heavy atom. The summed E-state index contributed by atoms with van der Waals surface area (Å²) in [6, 6.07) is 2.09. The van der Waals surface area contributed by atoms with Gasteiger partial charge in [-0.25, -0.2) is 8.42 Å². The summed E-state index contributed by atoms with van der Waals surface area (Å²) in [5.41, 5.74) is 9.79. The Balaban J connectivity index is 2.47. The number of hydrogen-bond acceptors (Lipinski definition) is 3. The monoisotopic (exact) mass is 324 g/mol. The quantitative estimate of drug-likeness (QED) is 0.930. The van der Waals surface area contributed by atoms with E-state index < -0.39 is 10.0 Å². The molecule has 2 atom stereocenters. The van der Waals surface area contributed by atoms with Crippen molar-refractivity contribution in [3.63, 3.8) is 0 Å². The second-order valence-electron chi connectivity index (χ2n) is 6.71. The first-order chi connectivity index (χ1) is 10.2. The molecule has 2 unspecified atom stereocenters. The van der Waals surface area contributed by atoms with Crippen LogP contribution in [0.5, 0.6) is 0 Å². The molecule has 1 heterocycles. The number of hydrogen-bond donors (Lipinski definition) is 1. The first kappa shape index (κ1) is 17.4. The Labute approximate surface area is 134 Å². The lowest BCUT2D eigenvalue weighted by Gasteiger charge is -2.34. The Morgan fingerprint density at radius 3 is 2.23 bits per heavy atom. The van der Waals surface area contributed by atoms with Gasteiger partial charge in [-0.1, -0.05) is 6.07 Å². The Kier molecular flexibility index (Phi) is 5.00. The highest BCUT2D eigenvalue weighted by Crippen LogP contribution is 2.31. The largest absolute Gasteiger partial charge is 0.328 e. The van der Waals surface area contributed by atoms with Crippen LogP contribution in [0.15, 0.2) is 11.0 Å². The van der Waals surface area contributed by atoms with Gasteiger partial charge in [-0.3, -0.25) is 0 Å². The van der Waals surface area contributed by atoms with Crippen LogP contribution in [0.2, 0.25) is 0 Å². The summed E-state index contributed by atoms with van der Waals surface area (Å²) in [6.07, 6.45) is 1.89. The predicted octanol–water partition coefficient (Wildman–Crippen LogP) is 2.67. The second-order valence-corrected chi connectivity index (χ2v) is 8.59. The van der Waals surface area contributed by atoms with Crippen LogP contribution in [0.4, 0.5) is 0 Å². The highest BCUT2D eigenvalue weighted by molar-refractivity contribution is 7.89. The first-order valence-electron chi connectivity index (χ1n) is 7.99. The topological polar surface area (TPSA) is 63.4 Å². The molecule has 1 aromatic rings. The molecule has 0 saturated carbocycles. The smallest absolute Gasteiger partial charge is 0.243 e. The molecule has 0 aliphatic carbocycles. The van der Waals surface area contributed by atoms with Crippen LogP contribution in [0.1, 0.15) is 42.0 Å². The molecule has 0 aromatic heterocycles. The standard InChI is InChI=1S/C17H28N2O2S/c1-11-9-12(2)14(4)17(13(11)3)22(20,21)19-8-6-7-16(10-19)15(5)18/h9,15-16H,6-8,10,18H2,1-5H3. The molecule has 4 nitrogen and oxygen atoms in total. The van der Waals surface area contributed by atoms with Crippen molar-refractivity contribution in [3.8, 4) is 0 Å². The maximum absolute atomic E-state index is 13.2. The fourth-order valence-corrected chi connectivity index (χ4v) is 5.43. The zero-order valence-electron chi connectivity index (χ0n) is 14.3.